The largest absolute Gasteiger partial charge is 0.491 e. The van der Waals surface area contributed by atoms with Gasteiger partial charge in [0.2, 0.25) is 23.6 Å². The van der Waals surface area contributed by atoms with E-state index < -0.39 is 23.8 Å². The molecule has 1 saturated heterocycles. The van der Waals surface area contributed by atoms with Crippen molar-refractivity contribution in [3.05, 3.63) is 29.8 Å². The van der Waals surface area contributed by atoms with Crippen molar-refractivity contribution in [1.29, 1.82) is 0 Å². The molecule has 2 aliphatic rings. The second-order valence-electron chi connectivity index (χ2n) is 7.91. The zero-order valence-electron chi connectivity index (χ0n) is 18.8. The van der Waals surface area contributed by atoms with Crippen molar-refractivity contribution >= 4 is 29.5 Å². The van der Waals surface area contributed by atoms with Crippen LogP contribution < -0.4 is 15.4 Å². The van der Waals surface area contributed by atoms with Crippen LogP contribution in [0.1, 0.15) is 23.7 Å². The molecule has 3 rings (SSSR count). The first-order chi connectivity index (χ1) is 15.8. The minimum atomic E-state index is -1.20. The molecule has 178 valence electrons. The summed E-state index contributed by atoms with van der Waals surface area (Å²) >= 11 is 0. The Morgan fingerprint density at radius 1 is 1.09 bits per heavy atom. The molecule has 1 aromatic carbocycles. The van der Waals surface area contributed by atoms with Crippen molar-refractivity contribution in [3.8, 4) is 5.75 Å². The van der Waals surface area contributed by atoms with E-state index in [4.69, 9.17) is 4.74 Å². The Bertz CT molecular complexity index is 936. The molecule has 2 aliphatic heterocycles. The fourth-order valence-electron chi connectivity index (χ4n) is 3.71. The van der Waals surface area contributed by atoms with Crippen LogP contribution in [-0.2, 0) is 19.2 Å². The molecule has 5 amide bonds. The maximum absolute atomic E-state index is 13.2. The fourth-order valence-corrected chi connectivity index (χ4v) is 3.71. The van der Waals surface area contributed by atoms with Crippen molar-refractivity contribution in [1.82, 2.24) is 25.3 Å². The normalized spacial score (nSPS) is 20.9. The number of hydrogen-bond donors (Lipinski definition) is 2. The number of carbonyl (C=O) groups is 5. The van der Waals surface area contributed by atoms with Gasteiger partial charge in [-0.2, -0.15) is 0 Å². The van der Waals surface area contributed by atoms with Gasteiger partial charge in [0.05, 0.1) is 31.6 Å². The quantitative estimate of drug-likeness (QED) is 0.574. The molecule has 1 aromatic rings. The Kier molecular flexibility index (Phi) is 7.86. The van der Waals surface area contributed by atoms with Gasteiger partial charge < -0.3 is 30.1 Å². The number of hydrogen-bond acceptors (Lipinski definition) is 6. The zero-order valence-corrected chi connectivity index (χ0v) is 18.8. The summed E-state index contributed by atoms with van der Waals surface area (Å²) in [6.45, 7) is 2.96. The van der Waals surface area contributed by atoms with E-state index in [2.05, 4.69) is 10.6 Å². The minimum Gasteiger partial charge on any atom is -0.491 e. The predicted molar refractivity (Wildman–Crippen MR) is 117 cm³/mol. The second kappa shape index (κ2) is 10.8. The van der Waals surface area contributed by atoms with Gasteiger partial charge in [-0.05, 0) is 19.1 Å². The van der Waals surface area contributed by atoms with Crippen LogP contribution in [-0.4, -0.2) is 103 Å². The molecule has 1 fully saturated rings. The molecule has 0 aliphatic carbocycles. The Hall–Kier alpha value is -3.63. The third-order valence-electron chi connectivity index (χ3n) is 5.62. The van der Waals surface area contributed by atoms with E-state index in [1.807, 2.05) is 6.92 Å². The Morgan fingerprint density at radius 3 is 2.58 bits per heavy atom. The standard InChI is InChI=1S/C22H29N5O6/c1-3-26-10-11-33-17-7-5-4-6-15(17)21(31)24-16(12-19(29)25(2)14-20(26)30)22(32)27-9-8-23-18(28)13-27/h4-7,16H,3,8-14H2,1-2H3,(H,23,28)(H,24,31)/t16-/m0/s1. The number of amides is 5. The number of para-hydroxylation sites is 1. The Morgan fingerprint density at radius 2 is 1.85 bits per heavy atom. The van der Waals surface area contributed by atoms with Gasteiger partial charge >= 0.3 is 0 Å². The van der Waals surface area contributed by atoms with Crippen LogP contribution in [0.25, 0.3) is 0 Å². The number of ether oxygens (including phenoxy) is 1. The second-order valence-corrected chi connectivity index (χ2v) is 7.91. The Balaban J connectivity index is 1.91. The molecule has 0 radical (unpaired) electrons. The van der Waals surface area contributed by atoms with Crippen molar-refractivity contribution in [3.63, 3.8) is 0 Å². The van der Waals surface area contributed by atoms with Gasteiger partial charge in [0, 0.05) is 26.7 Å². The molecule has 33 heavy (non-hydrogen) atoms. The summed E-state index contributed by atoms with van der Waals surface area (Å²) in [6, 6.07) is 5.36. The van der Waals surface area contributed by atoms with Gasteiger partial charge in [-0.15, -0.1) is 0 Å². The number of carbonyl (C=O) groups excluding carboxylic acids is 5. The monoisotopic (exact) mass is 459 g/mol. The molecular formula is C22H29N5O6. The van der Waals surface area contributed by atoms with E-state index in [0.29, 0.717) is 18.8 Å². The van der Waals surface area contributed by atoms with Crippen LogP contribution in [0.2, 0.25) is 0 Å². The van der Waals surface area contributed by atoms with Gasteiger partial charge in [-0.25, -0.2) is 0 Å². The average Bonchev–Trinajstić information content (AvgIpc) is 2.80. The van der Waals surface area contributed by atoms with Crippen molar-refractivity contribution in [2.45, 2.75) is 19.4 Å². The van der Waals surface area contributed by atoms with Crippen LogP contribution >= 0.6 is 0 Å². The summed E-state index contributed by atoms with van der Waals surface area (Å²) < 4.78 is 5.77. The number of piperazine rings is 1. The molecule has 2 heterocycles. The highest BCUT2D eigenvalue weighted by atomic mass is 16.5. The lowest BCUT2D eigenvalue weighted by atomic mass is 10.1. The number of fused-ring (bicyclic) bond motifs is 1. The summed E-state index contributed by atoms with van der Waals surface area (Å²) in [7, 11) is 1.48. The van der Waals surface area contributed by atoms with Crippen molar-refractivity contribution < 1.29 is 28.7 Å². The van der Waals surface area contributed by atoms with E-state index in [0.717, 1.165) is 0 Å². The van der Waals surface area contributed by atoms with Crippen LogP contribution in [0.4, 0.5) is 0 Å². The van der Waals surface area contributed by atoms with E-state index in [1.165, 1.54) is 16.8 Å². The number of benzene rings is 1. The van der Waals surface area contributed by atoms with Crippen LogP contribution in [0.5, 0.6) is 5.75 Å². The summed E-state index contributed by atoms with van der Waals surface area (Å²) in [5, 5.41) is 5.27. The van der Waals surface area contributed by atoms with Crippen LogP contribution in [0, 0.1) is 0 Å². The number of likely N-dealkylation sites (N-methyl/N-ethyl adjacent to an activating group) is 2. The first-order valence-corrected chi connectivity index (χ1v) is 10.9. The van der Waals surface area contributed by atoms with Crippen molar-refractivity contribution in [2.24, 2.45) is 0 Å². The average molecular weight is 460 g/mol. The molecule has 0 aromatic heterocycles. The van der Waals surface area contributed by atoms with Gasteiger partial charge in [0.15, 0.2) is 0 Å². The molecule has 11 heteroatoms. The third kappa shape index (κ3) is 5.99. The zero-order chi connectivity index (χ0) is 24.0. The van der Waals surface area contributed by atoms with E-state index >= 15 is 0 Å². The SMILES string of the molecule is CCN1CCOc2ccccc2C(=O)N[C@H](C(=O)N2CCNC(=O)C2)CC(=O)N(C)CC1=O. The first-order valence-electron chi connectivity index (χ1n) is 10.9. The van der Waals surface area contributed by atoms with E-state index in [9.17, 15) is 24.0 Å². The smallest absolute Gasteiger partial charge is 0.255 e. The van der Waals surface area contributed by atoms with Gasteiger partial charge in [-0.3, -0.25) is 24.0 Å². The van der Waals surface area contributed by atoms with Crippen LogP contribution in [0.15, 0.2) is 24.3 Å². The third-order valence-corrected chi connectivity index (χ3v) is 5.62. The van der Waals surface area contributed by atoms with Crippen LogP contribution in [0.3, 0.4) is 0 Å². The summed E-state index contributed by atoms with van der Waals surface area (Å²) in [5.74, 6) is -1.83. The maximum Gasteiger partial charge on any atom is 0.255 e. The molecule has 1 atom stereocenters. The lowest BCUT2D eigenvalue weighted by molar-refractivity contribution is -0.143. The molecule has 0 unspecified atom stereocenters. The highest BCUT2D eigenvalue weighted by Gasteiger charge is 2.33. The summed E-state index contributed by atoms with van der Waals surface area (Å²) in [4.78, 5) is 67.6. The minimum absolute atomic E-state index is 0.154. The maximum atomic E-state index is 13.2. The highest BCUT2D eigenvalue weighted by Crippen LogP contribution is 2.19. The predicted octanol–water partition coefficient (Wildman–Crippen LogP) is -1.17. The molecule has 0 bridgehead atoms. The molecule has 11 nitrogen and oxygen atoms in total. The molecular weight excluding hydrogens is 430 g/mol. The summed E-state index contributed by atoms with van der Waals surface area (Å²) in [5.41, 5.74) is 0.207. The van der Waals surface area contributed by atoms with Crippen molar-refractivity contribution in [2.75, 3.05) is 52.9 Å². The molecule has 0 saturated carbocycles. The van der Waals surface area contributed by atoms with Gasteiger partial charge in [-0.1, -0.05) is 12.1 Å². The lowest BCUT2D eigenvalue weighted by Gasteiger charge is -2.31. The Labute approximate surface area is 192 Å². The van der Waals surface area contributed by atoms with Gasteiger partial charge in [0.1, 0.15) is 18.4 Å². The number of nitrogens with zero attached hydrogens (tertiary/aromatic N) is 3. The van der Waals surface area contributed by atoms with E-state index in [-0.39, 0.29) is 56.6 Å². The van der Waals surface area contributed by atoms with E-state index in [1.54, 1.807) is 29.2 Å². The highest BCUT2D eigenvalue weighted by molar-refractivity contribution is 6.01. The fraction of sp³-hybridized carbons (Fsp3) is 0.500. The number of nitrogens with one attached hydrogen (secondary N) is 2. The lowest BCUT2D eigenvalue weighted by Crippen LogP contribution is -2.57. The molecule has 2 N–H and O–H groups in total. The molecule has 0 spiro atoms. The number of rotatable bonds is 2. The summed E-state index contributed by atoms with van der Waals surface area (Å²) in [6.07, 6.45) is -0.346. The first kappa shape index (κ1) is 24.0. The van der Waals surface area contributed by atoms with Gasteiger partial charge in [0.25, 0.3) is 5.91 Å². The topological polar surface area (TPSA) is 128 Å².